The van der Waals surface area contributed by atoms with Crippen molar-refractivity contribution in [3.63, 3.8) is 0 Å². The molecule has 1 aromatic heterocycles. The predicted molar refractivity (Wildman–Crippen MR) is 71.1 cm³/mol. The molecule has 17 heavy (non-hydrogen) atoms. The van der Waals surface area contributed by atoms with Crippen molar-refractivity contribution in [2.45, 2.75) is 6.54 Å². The standard InChI is InChI=1S/C12H12BrN3O/c1-16(7-9-5-3-2-4-6-9)11-10(13)12(17)15-8-14-11/h2-6,8H,7H2,1H3,(H,14,15,17). The Morgan fingerprint density at radius 1 is 1.35 bits per heavy atom. The smallest absolute Gasteiger partial charge is 0.267 e. The van der Waals surface area contributed by atoms with E-state index in [0.29, 0.717) is 16.8 Å². The van der Waals surface area contributed by atoms with Gasteiger partial charge in [0.1, 0.15) is 10.3 Å². The van der Waals surface area contributed by atoms with E-state index in [2.05, 4.69) is 25.9 Å². The summed E-state index contributed by atoms with van der Waals surface area (Å²) < 4.78 is 0.457. The van der Waals surface area contributed by atoms with E-state index in [1.807, 2.05) is 42.3 Å². The van der Waals surface area contributed by atoms with Gasteiger partial charge >= 0.3 is 0 Å². The van der Waals surface area contributed by atoms with Crippen LogP contribution < -0.4 is 10.5 Å². The number of rotatable bonds is 3. The van der Waals surface area contributed by atoms with Crippen molar-refractivity contribution < 1.29 is 0 Å². The molecule has 88 valence electrons. The van der Waals surface area contributed by atoms with Crippen molar-refractivity contribution in [2.75, 3.05) is 11.9 Å². The molecule has 2 rings (SSSR count). The summed E-state index contributed by atoms with van der Waals surface area (Å²) >= 11 is 3.25. The molecule has 0 bridgehead atoms. The lowest BCUT2D eigenvalue weighted by molar-refractivity contribution is 0.881. The van der Waals surface area contributed by atoms with Crippen molar-refractivity contribution in [1.29, 1.82) is 0 Å². The lowest BCUT2D eigenvalue weighted by Crippen LogP contribution is -2.21. The molecule has 4 nitrogen and oxygen atoms in total. The van der Waals surface area contributed by atoms with Gasteiger partial charge in [0, 0.05) is 13.6 Å². The Labute approximate surface area is 107 Å². The molecule has 0 aliphatic rings. The van der Waals surface area contributed by atoms with Crippen LogP contribution in [0, 0.1) is 0 Å². The van der Waals surface area contributed by atoms with Crippen LogP contribution >= 0.6 is 15.9 Å². The van der Waals surface area contributed by atoms with E-state index in [1.165, 1.54) is 11.9 Å². The number of aromatic amines is 1. The zero-order valence-corrected chi connectivity index (χ0v) is 10.9. The molecule has 0 amide bonds. The molecule has 1 heterocycles. The molecular weight excluding hydrogens is 282 g/mol. The van der Waals surface area contributed by atoms with E-state index >= 15 is 0 Å². The predicted octanol–water partition coefficient (Wildman–Crippen LogP) is 2.17. The number of halogens is 1. The third kappa shape index (κ3) is 2.74. The van der Waals surface area contributed by atoms with Crippen LogP contribution in [0.2, 0.25) is 0 Å². The molecule has 0 saturated carbocycles. The van der Waals surface area contributed by atoms with Gasteiger partial charge in [-0.15, -0.1) is 0 Å². The third-order valence-corrected chi connectivity index (χ3v) is 3.12. The van der Waals surface area contributed by atoms with Crippen LogP contribution in [0.3, 0.4) is 0 Å². The summed E-state index contributed by atoms with van der Waals surface area (Å²) in [7, 11) is 1.90. The minimum Gasteiger partial charge on any atom is -0.354 e. The number of aromatic nitrogens is 2. The van der Waals surface area contributed by atoms with Crippen LogP contribution in [-0.4, -0.2) is 17.0 Å². The average Bonchev–Trinajstić information content (AvgIpc) is 2.34. The van der Waals surface area contributed by atoms with Crippen LogP contribution in [0.15, 0.2) is 45.9 Å². The van der Waals surface area contributed by atoms with E-state index in [0.717, 1.165) is 0 Å². The molecule has 0 fully saturated rings. The van der Waals surface area contributed by atoms with Gasteiger partial charge in [0.2, 0.25) is 0 Å². The third-order valence-electron chi connectivity index (χ3n) is 2.40. The summed E-state index contributed by atoms with van der Waals surface area (Å²) in [5, 5.41) is 0. The van der Waals surface area contributed by atoms with Gasteiger partial charge in [0.05, 0.1) is 6.33 Å². The number of nitrogens with one attached hydrogen (secondary N) is 1. The number of anilines is 1. The van der Waals surface area contributed by atoms with E-state index in [1.54, 1.807) is 0 Å². The highest BCUT2D eigenvalue weighted by Crippen LogP contribution is 2.19. The molecule has 0 aliphatic heterocycles. The molecule has 2 aromatic rings. The second-order valence-corrected chi connectivity index (χ2v) is 4.50. The monoisotopic (exact) mass is 293 g/mol. The maximum absolute atomic E-state index is 11.4. The highest BCUT2D eigenvalue weighted by atomic mass is 79.9. The summed E-state index contributed by atoms with van der Waals surface area (Å²) in [4.78, 5) is 20.0. The van der Waals surface area contributed by atoms with Gasteiger partial charge in [-0.25, -0.2) is 4.98 Å². The first-order chi connectivity index (χ1) is 8.18. The van der Waals surface area contributed by atoms with E-state index in [9.17, 15) is 4.79 Å². The maximum atomic E-state index is 11.4. The highest BCUT2D eigenvalue weighted by molar-refractivity contribution is 9.10. The molecule has 5 heteroatoms. The first-order valence-electron chi connectivity index (χ1n) is 5.16. The van der Waals surface area contributed by atoms with Crippen LogP contribution in [-0.2, 0) is 6.54 Å². The topological polar surface area (TPSA) is 49.0 Å². The van der Waals surface area contributed by atoms with Crippen molar-refractivity contribution >= 4 is 21.7 Å². The summed E-state index contributed by atoms with van der Waals surface area (Å²) in [6, 6.07) is 10.0. The molecule has 0 spiro atoms. The Hall–Kier alpha value is -1.62. The first-order valence-corrected chi connectivity index (χ1v) is 5.96. The molecule has 0 saturated heterocycles. The number of hydrogen-bond donors (Lipinski definition) is 1. The Morgan fingerprint density at radius 3 is 2.76 bits per heavy atom. The summed E-state index contributed by atoms with van der Waals surface area (Å²) in [5.41, 5.74) is 0.999. The Kier molecular flexibility index (Phi) is 3.58. The SMILES string of the molecule is CN(Cc1ccccc1)c1nc[nH]c(=O)c1Br. The lowest BCUT2D eigenvalue weighted by atomic mass is 10.2. The fourth-order valence-electron chi connectivity index (χ4n) is 1.57. The first kappa shape index (κ1) is 11.9. The second-order valence-electron chi connectivity index (χ2n) is 3.71. The van der Waals surface area contributed by atoms with E-state index in [-0.39, 0.29) is 5.56 Å². The van der Waals surface area contributed by atoms with Crippen molar-refractivity contribution in [3.8, 4) is 0 Å². The molecule has 0 atom stereocenters. The molecular formula is C12H12BrN3O. The van der Waals surface area contributed by atoms with Crippen molar-refractivity contribution in [1.82, 2.24) is 9.97 Å². The van der Waals surface area contributed by atoms with Crippen LogP contribution in [0.25, 0.3) is 0 Å². The Bertz CT molecular complexity index is 553. The van der Waals surface area contributed by atoms with Crippen LogP contribution in [0.4, 0.5) is 5.82 Å². The molecule has 0 radical (unpaired) electrons. The van der Waals surface area contributed by atoms with Crippen LogP contribution in [0.1, 0.15) is 5.56 Å². The molecule has 0 aliphatic carbocycles. The lowest BCUT2D eigenvalue weighted by Gasteiger charge is -2.18. The number of benzene rings is 1. The van der Waals surface area contributed by atoms with Gasteiger partial charge in [-0.05, 0) is 21.5 Å². The minimum absolute atomic E-state index is 0.171. The fraction of sp³-hybridized carbons (Fsp3) is 0.167. The second kappa shape index (κ2) is 5.14. The molecule has 0 unspecified atom stereocenters. The Morgan fingerprint density at radius 2 is 2.06 bits per heavy atom. The van der Waals surface area contributed by atoms with Gasteiger partial charge in [0.25, 0.3) is 5.56 Å². The van der Waals surface area contributed by atoms with Gasteiger partial charge < -0.3 is 9.88 Å². The number of nitrogens with zero attached hydrogens (tertiary/aromatic N) is 2. The average molecular weight is 294 g/mol. The maximum Gasteiger partial charge on any atom is 0.267 e. The summed E-state index contributed by atoms with van der Waals surface area (Å²) in [5.74, 6) is 0.637. The quantitative estimate of drug-likeness (QED) is 0.944. The minimum atomic E-state index is -0.171. The van der Waals surface area contributed by atoms with Gasteiger partial charge in [-0.1, -0.05) is 30.3 Å². The zero-order chi connectivity index (χ0) is 12.3. The van der Waals surface area contributed by atoms with E-state index < -0.39 is 0 Å². The van der Waals surface area contributed by atoms with Crippen molar-refractivity contribution in [3.05, 3.63) is 57.0 Å². The summed E-state index contributed by atoms with van der Waals surface area (Å²) in [6.07, 6.45) is 1.41. The summed E-state index contributed by atoms with van der Waals surface area (Å²) in [6.45, 7) is 0.704. The number of hydrogen-bond acceptors (Lipinski definition) is 3. The number of H-pyrrole nitrogens is 1. The highest BCUT2D eigenvalue weighted by Gasteiger charge is 2.10. The van der Waals surface area contributed by atoms with Crippen molar-refractivity contribution in [2.24, 2.45) is 0 Å². The van der Waals surface area contributed by atoms with E-state index in [4.69, 9.17) is 0 Å². The van der Waals surface area contributed by atoms with Crippen LogP contribution in [0.5, 0.6) is 0 Å². The Balaban J connectivity index is 2.23. The largest absolute Gasteiger partial charge is 0.354 e. The molecule has 1 aromatic carbocycles. The van der Waals surface area contributed by atoms with Gasteiger partial charge in [-0.2, -0.15) is 0 Å². The fourth-order valence-corrected chi connectivity index (χ4v) is 2.09. The zero-order valence-electron chi connectivity index (χ0n) is 9.35. The van der Waals surface area contributed by atoms with Gasteiger partial charge in [-0.3, -0.25) is 4.79 Å². The van der Waals surface area contributed by atoms with Gasteiger partial charge in [0.15, 0.2) is 0 Å². The normalized spacial score (nSPS) is 10.2. The molecule has 1 N–H and O–H groups in total.